The minimum atomic E-state index is -1.12. The fourth-order valence-electron chi connectivity index (χ4n) is 4.70. The Bertz CT molecular complexity index is 1140. The molecule has 33 heavy (non-hydrogen) atoms. The van der Waals surface area contributed by atoms with Crippen LogP contribution in [0.1, 0.15) is 53.6 Å². The fraction of sp³-hybridized carbons (Fsp3) is 0.360. The molecular weight excluding hydrogens is 420 g/mol. The quantitative estimate of drug-likeness (QED) is 0.614. The molecule has 2 aromatic rings. The molecule has 3 aliphatic rings. The Hall–Kier alpha value is -3.68. The lowest BCUT2D eigenvalue weighted by Gasteiger charge is -2.27. The number of hydrogen-bond donors (Lipinski definition) is 3. The number of hydrogen-bond acceptors (Lipinski definition) is 4. The summed E-state index contributed by atoms with van der Waals surface area (Å²) in [4.78, 5) is 52.2. The summed E-state index contributed by atoms with van der Waals surface area (Å²) < 4.78 is 0. The number of carbonyl (C=O) groups excluding carboxylic acids is 4. The van der Waals surface area contributed by atoms with Crippen molar-refractivity contribution in [3.8, 4) is 0 Å². The van der Waals surface area contributed by atoms with E-state index >= 15 is 0 Å². The van der Waals surface area contributed by atoms with Gasteiger partial charge in [-0.25, -0.2) is 4.79 Å². The molecule has 2 fully saturated rings. The molecule has 2 aromatic carbocycles. The van der Waals surface area contributed by atoms with Crippen molar-refractivity contribution >= 4 is 29.4 Å². The number of carbonyl (C=O) groups is 4. The highest BCUT2D eigenvalue weighted by molar-refractivity contribution is 6.10. The van der Waals surface area contributed by atoms with E-state index in [4.69, 9.17) is 0 Å². The lowest BCUT2D eigenvalue weighted by atomic mass is 9.84. The van der Waals surface area contributed by atoms with Crippen molar-refractivity contribution in [2.24, 2.45) is 0 Å². The van der Waals surface area contributed by atoms with Crippen molar-refractivity contribution in [1.29, 1.82) is 0 Å². The van der Waals surface area contributed by atoms with Crippen molar-refractivity contribution < 1.29 is 19.2 Å². The van der Waals surface area contributed by atoms with Crippen LogP contribution in [-0.2, 0) is 21.5 Å². The van der Waals surface area contributed by atoms with E-state index in [1.807, 2.05) is 24.3 Å². The third-order valence-corrected chi connectivity index (χ3v) is 6.52. The minimum Gasteiger partial charge on any atom is -0.349 e. The van der Waals surface area contributed by atoms with Gasteiger partial charge in [0.05, 0.1) is 0 Å². The third kappa shape index (κ3) is 4.08. The summed E-state index contributed by atoms with van der Waals surface area (Å²) in [6.45, 7) is -0.396. The lowest BCUT2D eigenvalue weighted by molar-refractivity contribution is -0.134. The van der Waals surface area contributed by atoms with Crippen LogP contribution in [0.5, 0.6) is 0 Å². The number of nitrogens with one attached hydrogen (secondary N) is 3. The Morgan fingerprint density at radius 1 is 1.06 bits per heavy atom. The number of rotatable bonds is 5. The van der Waals surface area contributed by atoms with Gasteiger partial charge in [0.15, 0.2) is 0 Å². The minimum absolute atomic E-state index is 0.184. The predicted octanol–water partition coefficient (Wildman–Crippen LogP) is 2.69. The van der Waals surface area contributed by atoms with E-state index in [0.717, 1.165) is 48.1 Å². The highest BCUT2D eigenvalue weighted by Gasteiger charge is 2.53. The summed E-state index contributed by atoms with van der Waals surface area (Å²) in [6.07, 6.45) is 5.07. The first-order chi connectivity index (χ1) is 16.0. The summed E-state index contributed by atoms with van der Waals surface area (Å²) >= 11 is 0. The van der Waals surface area contributed by atoms with Gasteiger partial charge in [-0.05, 0) is 67.9 Å². The maximum absolute atomic E-state index is 13.5. The molecule has 0 aromatic heterocycles. The number of anilines is 1. The molecular formula is C25H26N4O4. The highest BCUT2D eigenvalue weighted by atomic mass is 16.2. The van der Waals surface area contributed by atoms with E-state index in [-0.39, 0.29) is 11.9 Å². The molecule has 1 saturated carbocycles. The molecule has 5 rings (SSSR count). The maximum atomic E-state index is 13.5. The van der Waals surface area contributed by atoms with Gasteiger partial charge < -0.3 is 16.0 Å². The van der Waals surface area contributed by atoms with Crippen molar-refractivity contribution in [2.45, 2.75) is 50.1 Å². The van der Waals surface area contributed by atoms with Crippen molar-refractivity contribution in [1.82, 2.24) is 15.5 Å². The van der Waals surface area contributed by atoms with Crippen LogP contribution in [0, 0.1) is 0 Å². The molecule has 8 heteroatoms. The summed E-state index contributed by atoms with van der Waals surface area (Å²) in [5.41, 5.74) is 1.63. The van der Waals surface area contributed by atoms with Crippen LogP contribution in [-0.4, -0.2) is 41.2 Å². The van der Waals surface area contributed by atoms with Gasteiger partial charge in [-0.2, -0.15) is 0 Å². The highest BCUT2D eigenvalue weighted by Crippen LogP contribution is 2.38. The molecule has 2 aliphatic carbocycles. The van der Waals surface area contributed by atoms with Crippen LogP contribution in [0.15, 0.2) is 48.5 Å². The molecule has 8 nitrogen and oxygen atoms in total. The Morgan fingerprint density at radius 3 is 2.70 bits per heavy atom. The molecule has 170 valence electrons. The molecule has 3 N–H and O–H groups in total. The smallest absolute Gasteiger partial charge is 0.325 e. The molecule has 0 bridgehead atoms. The largest absolute Gasteiger partial charge is 0.349 e. The van der Waals surface area contributed by atoms with Gasteiger partial charge in [0.25, 0.3) is 11.8 Å². The third-order valence-electron chi connectivity index (χ3n) is 6.52. The molecule has 0 radical (unpaired) electrons. The van der Waals surface area contributed by atoms with Gasteiger partial charge in [0.2, 0.25) is 5.91 Å². The second-order valence-electron chi connectivity index (χ2n) is 8.97. The molecule has 5 amide bonds. The van der Waals surface area contributed by atoms with Gasteiger partial charge in [-0.3, -0.25) is 19.3 Å². The van der Waals surface area contributed by atoms with E-state index < -0.39 is 29.9 Å². The standard InChI is InChI=1S/C25H26N4O4/c30-21(26-19-9-5-8-17(14-19)22(31)27-18-11-12-18)15-29-23(32)25(28-24(29)33)13-4-3-7-16-6-1-2-10-20(16)25/h1-2,5-6,8-10,14,18H,3-4,7,11-13,15H2,(H,26,30)(H,27,31)(H,28,33)/t25-/m1/s1. The number of urea groups is 1. The van der Waals surface area contributed by atoms with Crippen LogP contribution >= 0.6 is 0 Å². The molecule has 1 heterocycles. The summed E-state index contributed by atoms with van der Waals surface area (Å²) in [5, 5.41) is 8.50. The van der Waals surface area contributed by atoms with Crippen LogP contribution < -0.4 is 16.0 Å². The number of imide groups is 1. The number of benzene rings is 2. The van der Waals surface area contributed by atoms with E-state index in [0.29, 0.717) is 17.7 Å². The van der Waals surface area contributed by atoms with Gasteiger partial charge in [-0.1, -0.05) is 30.3 Å². The number of fused-ring (bicyclic) bond motifs is 2. The van der Waals surface area contributed by atoms with E-state index in [2.05, 4.69) is 16.0 Å². The van der Waals surface area contributed by atoms with Crippen LogP contribution in [0.3, 0.4) is 0 Å². The topological polar surface area (TPSA) is 108 Å². The average Bonchev–Trinajstić information content (AvgIpc) is 3.61. The second kappa shape index (κ2) is 8.35. The van der Waals surface area contributed by atoms with E-state index in [1.54, 1.807) is 24.3 Å². The summed E-state index contributed by atoms with van der Waals surface area (Å²) in [7, 11) is 0. The lowest BCUT2D eigenvalue weighted by Crippen LogP contribution is -2.44. The zero-order chi connectivity index (χ0) is 23.0. The maximum Gasteiger partial charge on any atom is 0.325 e. The Labute approximate surface area is 191 Å². The first kappa shape index (κ1) is 21.2. The first-order valence-corrected chi connectivity index (χ1v) is 11.4. The number of aryl methyl sites for hydroxylation is 1. The van der Waals surface area contributed by atoms with Gasteiger partial charge >= 0.3 is 6.03 Å². The number of nitrogens with zero attached hydrogens (tertiary/aromatic N) is 1. The second-order valence-corrected chi connectivity index (χ2v) is 8.97. The van der Waals surface area contributed by atoms with E-state index in [9.17, 15) is 19.2 Å². The first-order valence-electron chi connectivity index (χ1n) is 11.4. The van der Waals surface area contributed by atoms with Gasteiger partial charge in [0, 0.05) is 17.3 Å². The normalized spacial score (nSPS) is 21.9. The molecule has 1 aliphatic heterocycles. The van der Waals surface area contributed by atoms with Crippen LogP contribution in [0.25, 0.3) is 0 Å². The predicted molar refractivity (Wildman–Crippen MR) is 121 cm³/mol. The van der Waals surface area contributed by atoms with Crippen molar-refractivity contribution in [2.75, 3.05) is 11.9 Å². The van der Waals surface area contributed by atoms with E-state index in [1.165, 1.54) is 0 Å². The Balaban J connectivity index is 1.30. The number of amides is 5. The van der Waals surface area contributed by atoms with Gasteiger partial charge in [0.1, 0.15) is 12.1 Å². The zero-order valence-electron chi connectivity index (χ0n) is 18.2. The zero-order valence-corrected chi connectivity index (χ0v) is 18.2. The summed E-state index contributed by atoms with van der Waals surface area (Å²) in [6, 6.07) is 14.0. The van der Waals surface area contributed by atoms with Crippen LogP contribution in [0.4, 0.5) is 10.5 Å². The Morgan fingerprint density at radius 2 is 1.88 bits per heavy atom. The van der Waals surface area contributed by atoms with Gasteiger partial charge in [-0.15, -0.1) is 0 Å². The van der Waals surface area contributed by atoms with Crippen molar-refractivity contribution in [3.63, 3.8) is 0 Å². The van der Waals surface area contributed by atoms with Crippen LogP contribution in [0.2, 0.25) is 0 Å². The molecule has 0 unspecified atom stereocenters. The Kier molecular flexibility index (Phi) is 5.36. The SMILES string of the molecule is O=C(CN1C(=O)N[C@@]2(CCCCc3ccccc32)C1=O)Nc1cccc(C(=O)NC2CC2)c1. The molecule has 1 saturated heterocycles. The molecule has 1 atom stereocenters. The summed E-state index contributed by atoms with van der Waals surface area (Å²) in [5.74, 6) is -1.08. The van der Waals surface area contributed by atoms with Crippen molar-refractivity contribution in [3.05, 3.63) is 65.2 Å². The fourth-order valence-corrected chi connectivity index (χ4v) is 4.70. The average molecular weight is 447 g/mol. The monoisotopic (exact) mass is 446 g/mol. The molecule has 1 spiro atoms.